The molecule has 4 nitrogen and oxygen atoms in total. The van der Waals surface area contributed by atoms with Gasteiger partial charge in [0, 0.05) is 23.3 Å². The van der Waals surface area contributed by atoms with Crippen LogP contribution in [-0.4, -0.2) is 17.0 Å². The Balaban J connectivity index is 2.81. The van der Waals surface area contributed by atoms with Gasteiger partial charge in [-0.25, -0.2) is 0 Å². The molecular weight excluding hydrogens is 248 g/mol. The summed E-state index contributed by atoms with van der Waals surface area (Å²) in [5.41, 5.74) is -0.181. The number of hydrogen-bond donors (Lipinski definition) is 1. The van der Waals surface area contributed by atoms with Crippen LogP contribution in [0.1, 0.15) is 6.92 Å². The first-order valence-electron chi connectivity index (χ1n) is 4.26. The minimum absolute atomic E-state index is 0.0616. The number of likely N-dealkylation sites (N-methyl/N-ethyl adjacent to an activating group) is 1. The molecule has 76 valence electrons. The highest BCUT2D eigenvalue weighted by Crippen LogP contribution is 2.04. The van der Waals surface area contributed by atoms with E-state index in [4.69, 9.17) is 0 Å². The second-order valence-corrected chi connectivity index (χ2v) is 3.68. The Kier molecular flexibility index (Phi) is 3.88. The van der Waals surface area contributed by atoms with E-state index in [0.717, 1.165) is 4.47 Å². The van der Waals surface area contributed by atoms with Crippen LogP contribution in [0.5, 0.6) is 0 Å². The average Bonchev–Trinajstić information content (AvgIpc) is 2.12. The Morgan fingerprint density at radius 1 is 1.57 bits per heavy atom. The molecule has 1 amide bonds. The summed E-state index contributed by atoms with van der Waals surface area (Å²) >= 11 is 3.23. The number of nitrogens with one attached hydrogen (secondary N) is 1. The van der Waals surface area contributed by atoms with Crippen molar-refractivity contribution in [1.29, 1.82) is 0 Å². The van der Waals surface area contributed by atoms with Gasteiger partial charge in [0.05, 0.1) is 0 Å². The quantitative estimate of drug-likeness (QED) is 0.870. The van der Waals surface area contributed by atoms with E-state index in [-0.39, 0.29) is 18.0 Å². The van der Waals surface area contributed by atoms with Gasteiger partial charge in [0.1, 0.15) is 6.54 Å². The van der Waals surface area contributed by atoms with Crippen LogP contribution in [0, 0.1) is 0 Å². The zero-order chi connectivity index (χ0) is 10.6. The van der Waals surface area contributed by atoms with Gasteiger partial charge >= 0.3 is 0 Å². The SMILES string of the molecule is CCNC(=O)Cn1cc(Br)ccc1=O. The van der Waals surface area contributed by atoms with Gasteiger partial charge in [0.15, 0.2) is 0 Å². The predicted octanol–water partition coefficient (Wildman–Crippen LogP) is 0.747. The van der Waals surface area contributed by atoms with Crippen molar-refractivity contribution in [3.63, 3.8) is 0 Å². The van der Waals surface area contributed by atoms with E-state index in [9.17, 15) is 9.59 Å². The third-order valence-corrected chi connectivity index (χ3v) is 2.10. The Morgan fingerprint density at radius 2 is 2.29 bits per heavy atom. The van der Waals surface area contributed by atoms with E-state index in [1.807, 2.05) is 6.92 Å². The smallest absolute Gasteiger partial charge is 0.251 e. The first-order valence-corrected chi connectivity index (χ1v) is 5.05. The molecule has 1 N–H and O–H groups in total. The lowest BCUT2D eigenvalue weighted by Gasteiger charge is -2.05. The molecule has 0 bridgehead atoms. The molecule has 1 heterocycles. The highest BCUT2D eigenvalue weighted by molar-refractivity contribution is 9.10. The van der Waals surface area contributed by atoms with E-state index in [0.29, 0.717) is 6.54 Å². The molecule has 0 aromatic carbocycles. The van der Waals surface area contributed by atoms with E-state index >= 15 is 0 Å². The third-order valence-electron chi connectivity index (χ3n) is 1.64. The van der Waals surface area contributed by atoms with Gasteiger partial charge in [0.2, 0.25) is 5.91 Å². The van der Waals surface area contributed by atoms with Gasteiger partial charge in [-0.1, -0.05) is 0 Å². The molecule has 0 fully saturated rings. The van der Waals surface area contributed by atoms with Crippen LogP contribution in [-0.2, 0) is 11.3 Å². The lowest BCUT2D eigenvalue weighted by atomic mass is 10.4. The Morgan fingerprint density at radius 3 is 2.93 bits per heavy atom. The monoisotopic (exact) mass is 258 g/mol. The van der Waals surface area contributed by atoms with Crippen molar-refractivity contribution in [2.45, 2.75) is 13.5 Å². The highest BCUT2D eigenvalue weighted by Gasteiger charge is 2.02. The van der Waals surface area contributed by atoms with Crippen LogP contribution in [0.3, 0.4) is 0 Å². The minimum Gasteiger partial charge on any atom is -0.355 e. The summed E-state index contributed by atoms with van der Waals surface area (Å²) in [6.45, 7) is 2.47. The Hall–Kier alpha value is -1.10. The van der Waals surface area contributed by atoms with E-state index < -0.39 is 0 Å². The van der Waals surface area contributed by atoms with Gasteiger partial charge in [0.25, 0.3) is 5.56 Å². The van der Waals surface area contributed by atoms with Gasteiger partial charge < -0.3 is 9.88 Å². The van der Waals surface area contributed by atoms with Crippen molar-refractivity contribution in [3.8, 4) is 0 Å². The third kappa shape index (κ3) is 2.99. The molecule has 1 rings (SSSR count). The molecule has 0 spiro atoms. The van der Waals surface area contributed by atoms with Crippen LogP contribution in [0.4, 0.5) is 0 Å². The standard InChI is InChI=1S/C9H11BrN2O2/c1-2-11-8(13)6-12-5-7(10)3-4-9(12)14/h3-5H,2,6H2,1H3,(H,11,13). The number of nitrogens with zero attached hydrogens (tertiary/aromatic N) is 1. The zero-order valence-electron chi connectivity index (χ0n) is 7.79. The molecule has 0 atom stereocenters. The maximum Gasteiger partial charge on any atom is 0.251 e. The first kappa shape index (κ1) is 11.0. The van der Waals surface area contributed by atoms with Crippen molar-refractivity contribution in [2.75, 3.05) is 6.54 Å². The number of hydrogen-bond acceptors (Lipinski definition) is 2. The number of rotatable bonds is 3. The van der Waals surface area contributed by atoms with Crippen LogP contribution in [0.25, 0.3) is 0 Å². The normalized spacial score (nSPS) is 9.86. The number of aromatic nitrogens is 1. The van der Waals surface area contributed by atoms with E-state index in [1.54, 1.807) is 12.3 Å². The predicted molar refractivity (Wildman–Crippen MR) is 57.1 cm³/mol. The van der Waals surface area contributed by atoms with Gasteiger partial charge in [-0.2, -0.15) is 0 Å². The minimum atomic E-state index is -0.181. The fourth-order valence-electron chi connectivity index (χ4n) is 1.03. The first-order chi connectivity index (χ1) is 6.63. The largest absolute Gasteiger partial charge is 0.355 e. The molecule has 0 saturated carbocycles. The van der Waals surface area contributed by atoms with Crippen molar-refractivity contribution in [1.82, 2.24) is 9.88 Å². The van der Waals surface area contributed by atoms with Crippen molar-refractivity contribution >= 4 is 21.8 Å². The van der Waals surface area contributed by atoms with E-state index in [1.165, 1.54) is 10.6 Å². The summed E-state index contributed by atoms with van der Waals surface area (Å²) in [6.07, 6.45) is 1.59. The lowest BCUT2D eigenvalue weighted by Crippen LogP contribution is -2.31. The molecule has 0 saturated heterocycles. The summed E-state index contributed by atoms with van der Waals surface area (Å²) in [7, 11) is 0. The van der Waals surface area contributed by atoms with Crippen LogP contribution in [0.2, 0.25) is 0 Å². The van der Waals surface area contributed by atoms with Crippen molar-refractivity contribution in [3.05, 3.63) is 33.2 Å². The van der Waals surface area contributed by atoms with Crippen LogP contribution < -0.4 is 10.9 Å². The Labute approximate surface area is 90.1 Å². The molecule has 1 aromatic heterocycles. The second-order valence-electron chi connectivity index (χ2n) is 2.77. The van der Waals surface area contributed by atoms with E-state index in [2.05, 4.69) is 21.2 Å². The fourth-order valence-corrected chi connectivity index (χ4v) is 1.41. The second kappa shape index (κ2) is 4.95. The average molecular weight is 259 g/mol. The zero-order valence-corrected chi connectivity index (χ0v) is 9.37. The van der Waals surface area contributed by atoms with Gasteiger partial charge in [-0.3, -0.25) is 9.59 Å². The maximum atomic E-state index is 11.3. The molecule has 1 aromatic rings. The van der Waals surface area contributed by atoms with Crippen molar-refractivity contribution in [2.24, 2.45) is 0 Å². The lowest BCUT2D eigenvalue weighted by molar-refractivity contribution is -0.121. The molecule has 0 aliphatic carbocycles. The number of amides is 1. The van der Waals surface area contributed by atoms with Gasteiger partial charge in [-0.15, -0.1) is 0 Å². The topological polar surface area (TPSA) is 51.1 Å². The highest BCUT2D eigenvalue weighted by atomic mass is 79.9. The molecule has 5 heteroatoms. The molecule has 0 radical (unpaired) electrons. The number of carbonyl (C=O) groups is 1. The summed E-state index contributed by atoms with van der Waals surface area (Å²) in [5, 5.41) is 2.63. The number of carbonyl (C=O) groups excluding carboxylic acids is 1. The molecule has 0 unspecified atom stereocenters. The Bertz CT molecular complexity index is 387. The van der Waals surface area contributed by atoms with Crippen molar-refractivity contribution < 1.29 is 4.79 Å². The molecular formula is C9H11BrN2O2. The summed E-state index contributed by atoms with van der Waals surface area (Å²) in [4.78, 5) is 22.5. The fraction of sp³-hybridized carbons (Fsp3) is 0.333. The maximum absolute atomic E-state index is 11.3. The molecule has 0 aliphatic rings. The number of halogens is 1. The van der Waals surface area contributed by atoms with Crippen LogP contribution >= 0.6 is 15.9 Å². The van der Waals surface area contributed by atoms with Crippen LogP contribution in [0.15, 0.2) is 27.6 Å². The van der Waals surface area contributed by atoms with Gasteiger partial charge in [-0.05, 0) is 28.9 Å². The summed E-state index contributed by atoms with van der Waals surface area (Å²) in [5.74, 6) is -0.160. The summed E-state index contributed by atoms with van der Waals surface area (Å²) in [6, 6.07) is 3.07. The molecule has 14 heavy (non-hydrogen) atoms. The number of pyridine rings is 1. The summed E-state index contributed by atoms with van der Waals surface area (Å²) < 4.78 is 2.14. The molecule has 0 aliphatic heterocycles.